The molecule has 1 N–H and O–H groups in total. The number of ketones is 1. The third kappa shape index (κ3) is 4.10. The van der Waals surface area contributed by atoms with Crippen molar-refractivity contribution in [3.63, 3.8) is 0 Å². The second-order valence-corrected chi connectivity index (χ2v) is 9.62. The van der Waals surface area contributed by atoms with Gasteiger partial charge in [-0.3, -0.25) is 4.79 Å². The summed E-state index contributed by atoms with van der Waals surface area (Å²) in [7, 11) is 0. The summed E-state index contributed by atoms with van der Waals surface area (Å²) < 4.78 is 6.30. The molecule has 0 heterocycles. The van der Waals surface area contributed by atoms with Crippen molar-refractivity contribution >= 4 is 23.1 Å². The van der Waals surface area contributed by atoms with Crippen LogP contribution in [0.3, 0.4) is 0 Å². The molecule has 0 saturated heterocycles. The van der Waals surface area contributed by atoms with E-state index in [1.54, 1.807) is 18.2 Å². The molecule has 0 bridgehead atoms. The number of hydrogen-bond acceptors (Lipinski definition) is 3. The highest BCUT2D eigenvalue weighted by Gasteiger charge is 2.63. The average Bonchev–Trinajstić information content (AvgIpc) is 2.70. The summed E-state index contributed by atoms with van der Waals surface area (Å²) in [5.74, 6) is 0.931. The van der Waals surface area contributed by atoms with E-state index in [1.165, 1.54) is 0 Å². The van der Waals surface area contributed by atoms with Crippen molar-refractivity contribution in [1.82, 2.24) is 0 Å². The number of halogens is 1. The molecule has 5 heteroatoms. The van der Waals surface area contributed by atoms with E-state index in [0.29, 0.717) is 34.9 Å². The Labute approximate surface area is 183 Å². The molecule has 1 aliphatic carbocycles. The van der Waals surface area contributed by atoms with E-state index in [4.69, 9.17) is 28.0 Å². The number of carbonyl (C=O) groups is 1. The van der Waals surface area contributed by atoms with Crippen molar-refractivity contribution in [2.75, 3.05) is 6.61 Å². The van der Waals surface area contributed by atoms with Crippen molar-refractivity contribution in [2.24, 2.45) is 16.7 Å². The Morgan fingerprint density at radius 1 is 1.13 bits per heavy atom. The van der Waals surface area contributed by atoms with Gasteiger partial charge < -0.3 is 9.84 Å². The lowest BCUT2D eigenvalue weighted by atomic mass is 9.44. The van der Waals surface area contributed by atoms with Crippen LogP contribution in [0.25, 0.3) is 4.85 Å². The molecular formula is C25H28ClNO3. The van der Waals surface area contributed by atoms with Crippen LogP contribution in [0.5, 0.6) is 5.75 Å². The smallest absolute Gasteiger partial charge is 0.205 e. The zero-order chi connectivity index (χ0) is 22.1. The summed E-state index contributed by atoms with van der Waals surface area (Å²) in [6, 6.07) is 12.6. The Bertz CT molecular complexity index is 957. The lowest BCUT2D eigenvalue weighted by Gasteiger charge is -2.63. The van der Waals surface area contributed by atoms with Gasteiger partial charge in [0.25, 0.3) is 0 Å². The third-order valence-electron chi connectivity index (χ3n) is 6.51. The van der Waals surface area contributed by atoms with Crippen molar-refractivity contribution in [2.45, 2.75) is 46.6 Å². The molecule has 4 nitrogen and oxygen atoms in total. The average molecular weight is 426 g/mol. The Morgan fingerprint density at radius 3 is 2.30 bits per heavy atom. The first-order valence-corrected chi connectivity index (χ1v) is 10.6. The maximum absolute atomic E-state index is 12.9. The van der Waals surface area contributed by atoms with Gasteiger partial charge in [0.15, 0.2) is 5.78 Å². The minimum absolute atomic E-state index is 0.0791. The van der Waals surface area contributed by atoms with Crippen LogP contribution in [0.2, 0.25) is 5.02 Å². The van der Waals surface area contributed by atoms with Gasteiger partial charge in [0.05, 0.1) is 11.6 Å². The Balaban J connectivity index is 1.72. The van der Waals surface area contributed by atoms with E-state index >= 15 is 0 Å². The van der Waals surface area contributed by atoms with E-state index in [0.717, 1.165) is 5.56 Å². The number of aliphatic hydroxyl groups is 1. The Kier molecular flexibility index (Phi) is 6.26. The van der Waals surface area contributed by atoms with Gasteiger partial charge in [-0.2, -0.15) is 0 Å². The number of aliphatic hydroxyl groups excluding tert-OH is 1. The summed E-state index contributed by atoms with van der Waals surface area (Å²) in [5, 5.41) is 9.43. The molecular weight excluding hydrogens is 398 g/mol. The van der Waals surface area contributed by atoms with Gasteiger partial charge in [0, 0.05) is 29.4 Å². The first-order valence-electron chi connectivity index (χ1n) is 10.2. The quantitative estimate of drug-likeness (QED) is 0.429. The molecule has 1 fully saturated rings. The maximum Gasteiger partial charge on any atom is 0.205 e. The second kappa shape index (κ2) is 8.41. The van der Waals surface area contributed by atoms with Gasteiger partial charge in [-0.05, 0) is 30.0 Å². The fraction of sp³-hybridized carbons (Fsp3) is 0.440. The number of rotatable bonds is 7. The van der Waals surface area contributed by atoms with E-state index in [9.17, 15) is 4.79 Å². The standard InChI is InChI=1S/C25H28ClNO3/c1-24(2)22(15-21(29)17-8-6-16(7-9-17)12-13-28)25(3,4)23(24)30-18-10-11-20(27-5)19(26)14-18/h6-11,14,22-23,28H,12-13,15H2,1-4H3. The lowest BCUT2D eigenvalue weighted by molar-refractivity contribution is -0.196. The Morgan fingerprint density at radius 2 is 1.77 bits per heavy atom. The highest BCUT2D eigenvalue weighted by Crippen LogP contribution is 2.61. The summed E-state index contributed by atoms with van der Waals surface area (Å²) in [6.45, 7) is 15.8. The molecule has 0 radical (unpaired) electrons. The Hall–Kier alpha value is -2.35. The number of ether oxygens (including phenoxy) is 1. The van der Waals surface area contributed by atoms with Crippen molar-refractivity contribution in [1.29, 1.82) is 0 Å². The normalized spacial score (nSPS) is 21.4. The number of carbonyl (C=O) groups excluding carboxylic acids is 1. The van der Waals surface area contributed by atoms with Gasteiger partial charge in [0.2, 0.25) is 5.69 Å². The molecule has 3 rings (SSSR count). The van der Waals surface area contributed by atoms with Crippen LogP contribution in [0, 0.1) is 23.3 Å². The van der Waals surface area contributed by atoms with Crippen LogP contribution >= 0.6 is 11.6 Å². The molecule has 2 aromatic carbocycles. The summed E-state index contributed by atoms with van der Waals surface area (Å²) in [4.78, 5) is 16.3. The van der Waals surface area contributed by atoms with Crippen LogP contribution in [0.1, 0.15) is 50.0 Å². The molecule has 1 aliphatic rings. The number of nitrogens with zero attached hydrogens (tertiary/aromatic N) is 1. The first-order chi connectivity index (χ1) is 14.1. The minimum atomic E-state index is -0.194. The number of Topliss-reactive ketones (excluding diaryl/α,β-unsaturated/α-hetero) is 1. The lowest BCUT2D eigenvalue weighted by Crippen LogP contribution is -2.66. The topological polar surface area (TPSA) is 50.9 Å². The fourth-order valence-electron chi connectivity index (χ4n) is 5.09. The molecule has 30 heavy (non-hydrogen) atoms. The molecule has 0 aliphatic heterocycles. The largest absolute Gasteiger partial charge is 0.489 e. The van der Waals surface area contributed by atoms with Gasteiger partial charge in [-0.25, -0.2) is 4.85 Å². The van der Waals surface area contributed by atoms with Gasteiger partial charge >= 0.3 is 0 Å². The molecule has 0 aromatic heterocycles. The zero-order valence-electron chi connectivity index (χ0n) is 17.9. The van der Waals surface area contributed by atoms with E-state index < -0.39 is 0 Å². The number of hydrogen-bond donors (Lipinski definition) is 1. The first kappa shape index (κ1) is 22.3. The molecule has 0 amide bonds. The maximum atomic E-state index is 12.9. The summed E-state index contributed by atoms with van der Waals surface area (Å²) in [6.07, 6.45) is 0.970. The van der Waals surface area contributed by atoms with E-state index in [2.05, 4.69) is 32.5 Å². The fourth-order valence-corrected chi connectivity index (χ4v) is 5.31. The number of benzene rings is 2. The van der Waals surface area contributed by atoms with Gasteiger partial charge in [-0.1, -0.05) is 69.6 Å². The predicted octanol–water partition coefficient (Wildman–Crippen LogP) is 6.13. The van der Waals surface area contributed by atoms with Gasteiger partial charge in [0.1, 0.15) is 11.9 Å². The molecule has 1 saturated carbocycles. The van der Waals surface area contributed by atoms with Crippen LogP contribution < -0.4 is 4.74 Å². The SMILES string of the molecule is [C-]#[N+]c1ccc(OC2C(C)(C)C(CC(=O)c3ccc(CCO)cc3)C2(C)C)cc1Cl. The minimum Gasteiger partial charge on any atom is -0.489 e. The summed E-state index contributed by atoms with van der Waals surface area (Å²) >= 11 is 6.16. The van der Waals surface area contributed by atoms with E-state index in [-0.39, 0.29) is 35.2 Å². The third-order valence-corrected chi connectivity index (χ3v) is 6.81. The van der Waals surface area contributed by atoms with Crippen LogP contribution in [0.4, 0.5) is 5.69 Å². The van der Waals surface area contributed by atoms with Crippen molar-refractivity contribution in [3.8, 4) is 5.75 Å². The second-order valence-electron chi connectivity index (χ2n) is 9.22. The van der Waals surface area contributed by atoms with Gasteiger partial charge in [-0.15, -0.1) is 0 Å². The van der Waals surface area contributed by atoms with Crippen LogP contribution in [-0.2, 0) is 6.42 Å². The molecule has 0 spiro atoms. The zero-order valence-corrected chi connectivity index (χ0v) is 18.7. The van der Waals surface area contributed by atoms with Crippen LogP contribution in [0.15, 0.2) is 42.5 Å². The molecule has 0 unspecified atom stereocenters. The molecule has 158 valence electrons. The van der Waals surface area contributed by atoms with Crippen molar-refractivity contribution < 1.29 is 14.6 Å². The predicted molar refractivity (Wildman–Crippen MR) is 119 cm³/mol. The monoisotopic (exact) mass is 425 g/mol. The highest BCUT2D eigenvalue weighted by molar-refractivity contribution is 6.33. The van der Waals surface area contributed by atoms with E-state index in [1.807, 2.05) is 24.3 Å². The van der Waals surface area contributed by atoms with Crippen LogP contribution in [-0.4, -0.2) is 23.6 Å². The molecule has 2 aromatic rings. The van der Waals surface area contributed by atoms with Crippen molar-refractivity contribution in [3.05, 3.63) is 70.0 Å². The molecule has 0 atom stereocenters. The summed E-state index contributed by atoms with van der Waals surface area (Å²) in [5.41, 5.74) is 1.75. The highest BCUT2D eigenvalue weighted by atomic mass is 35.5.